The van der Waals surface area contributed by atoms with Gasteiger partial charge in [0.15, 0.2) is 0 Å². The summed E-state index contributed by atoms with van der Waals surface area (Å²) < 4.78 is 24.6. The fourth-order valence-corrected chi connectivity index (χ4v) is 3.76. The minimum atomic E-state index is -3.63. The van der Waals surface area contributed by atoms with Gasteiger partial charge < -0.3 is 15.5 Å². The highest BCUT2D eigenvalue weighted by Crippen LogP contribution is 2.22. The quantitative estimate of drug-likeness (QED) is 0.638. The summed E-state index contributed by atoms with van der Waals surface area (Å²) in [5, 5.41) is 5.21. The SMILES string of the molecule is Cc1cccc(CNC(=O)CNC(=O)[C@@]2(C)CN(S(C)(=O)=O)CC(=O)N2C)c1. The van der Waals surface area contributed by atoms with Crippen molar-refractivity contribution in [2.45, 2.75) is 25.9 Å². The van der Waals surface area contributed by atoms with Crippen LogP contribution >= 0.6 is 0 Å². The summed E-state index contributed by atoms with van der Waals surface area (Å²) in [6, 6.07) is 7.68. The van der Waals surface area contributed by atoms with Gasteiger partial charge in [-0.1, -0.05) is 29.8 Å². The zero-order valence-electron chi connectivity index (χ0n) is 16.5. The predicted octanol–water partition coefficient (Wildman–Crippen LogP) is -0.780. The maximum absolute atomic E-state index is 12.7. The Morgan fingerprint density at radius 3 is 2.54 bits per heavy atom. The number of carbonyl (C=O) groups is 3. The fourth-order valence-electron chi connectivity index (χ4n) is 2.93. The first-order chi connectivity index (χ1) is 12.9. The van der Waals surface area contributed by atoms with Crippen LogP contribution in [0.15, 0.2) is 24.3 Å². The molecule has 1 aliphatic rings. The highest BCUT2D eigenvalue weighted by atomic mass is 32.2. The molecule has 1 aromatic carbocycles. The minimum absolute atomic E-state index is 0.176. The molecule has 0 aromatic heterocycles. The maximum atomic E-state index is 12.7. The summed E-state index contributed by atoms with van der Waals surface area (Å²) in [4.78, 5) is 38.1. The van der Waals surface area contributed by atoms with Crippen LogP contribution < -0.4 is 10.6 Å². The van der Waals surface area contributed by atoms with Gasteiger partial charge in [0.05, 0.1) is 19.3 Å². The highest BCUT2D eigenvalue weighted by molar-refractivity contribution is 7.88. The van der Waals surface area contributed by atoms with Crippen molar-refractivity contribution in [3.8, 4) is 0 Å². The van der Waals surface area contributed by atoms with Crippen LogP contribution in [0.5, 0.6) is 0 Å². The Morgan fingerprint density at radius 1 is 1.25 bits per heavy atom. The van der Waals surface area contributed by atoms with E-state index >= 15 is 0 Å². The molecule has 9 nitrogen and oxygen atoms in total. The first-order valence-corrected chi connectivity index (χ1v) is 10.6. The molecule has 1 fully saturated rings. The van der Waals surface area contributed by atoms with E-state index in [-0.39, 0.29) is 25.5 Å². The normalized spacial score (nSPS) is 20.7. The van der Waals surface area contributed by atoms with E-state index in [0.717, 1.165) is 21.7 Å². The Bertz CT molecular complexity index is 886. The van der Waals surface area contributed by atoms with Crippen molar-refractivity contribution in [1.82, 2.24) is 19.8 Å². The summed E-state index contributed by atoms with van der Waals surface area (Å²) in [7, 11) is -2.19. The molecule has 1 aromatic rings. The van der Waals surface area contributed by atoms with Gasteiger partial charge in [-0.25, -0.2) is 8.42 Å². The summed E-state index contributed by atoms with van der Waals surface area (Å²) in [6.07, 6.45) is 0.989. The number of amides is 3. The van der Waals surface area contributed by atoms with Crippen molar-refractivity contribution >= 4 is 27.7 Å². The molecule has 0 saturated carbocycles. The van der Waals surface area contributed by atoms with Crippen LogP contribution in [-0.2, 0) is 31.0 Å². The zero-order chi connectivity index (χ0) is 21.1. The van der Waals surface area contributed by atoms with Gasteiger partial charge in [-0.15, -0.1) is 0 Å². The fraction of sp³-hybridized carbons (Fsp3) is 0.500. The van der Waals surface area contributed by atoms with Crippen LogP contribution in [0, 0.1) is 6.92 Å². The molecule has 1 saturated heterocycles. The maximum Gasteiger partial charge on any atom is 0.247 e. The van der Waals surface area contributed by atoms with Crippen LogP contribution in [0.3, 0.4) is 0 Å². The van der Waals surface area contributed by atoms with E-state index in [0.29, 0.717) is 6.54 Å². The number of benzene rings is 1. The lowest BCUT2D eigenvalue weighted by Crippen LogP contribution is -2.68. The van der Waals surface area contributed by atoms with Crippen LogP contribution in [0.4, 0.5) is 0 Å². The third-order valence-electron chi connectivity index (χ3n) is 4.85. The Morgan fingerprint density at radius 2 is 1.93 bits per heavy atom. The first kappa shape index (κ1) is 21.8. The van der Waals surface area contributed by atoms with Gasteiger partial charge in [0.25, 0.3) is 0 Å². The second kappa shape index (κ2) is 8.27. The van der Waals surface area contributed by atoms with Gasteiger partial charge in [-0.2, -0.15) is 4.31 Å². The zero-order valence-corrected chi connectivity index (χ0v) is 17.3. The van der Waals surface area contributed by atoms with Crippen LogP contribution in [0.25, 0.3) is 0 Å². The molecule has 0 unspecified atom stereocenters. The number of sulfonamides is 1. The largest absolute Gasteiger partial charge is 0.350 e. The number of aryl methyl sites for hydroxylation is 1. The van der Waals surface area contributed by atoms with E-state index in [9.17, 15) is 22.8 Å². The monoisotopic (exact) mass is 410 g/mol. The third kappa shape index (κ3) is 5.08. The van der Waals surface area contributed by atoms with Crippen molar-refractivity contribution in [2.24, 2.45) is 0 Å². The molecule has 154 valence electrons. The second-order valence-electron chi connectivity index (χ2n) is 7.21. The first-order valence-electron chi connectivity index (χ1n) is 8.76. The Kier molecular flexibility index (Phi) is 6.45. The number of hydrogen-bond donors (Lipinski definition) is 2. The molecule has 0 spiro atoms. The highest BCUT2D eigenvalue weighted by Gasteiger charge is 2.47. The van der Waals surface area contributed by atoms with Crippen molar-refractivity contribution < 1.29 is 22.8 Å². The van der Waals surface area contributed by atoms with Gasteiger partial charge >= 0.3 is 0 Å². The number of rotatable bonds is 6. The van der Waals surface area contributed by atoms with Crippen molar-refractivity contribution in [3.05, 3.63) is 35.4 Å². The lowest BCUT2D eigenvalue weighted by molar-refractivity contribution is -0.150. The van der Waals surface area contributed by atoms with Gasteiger partial charge in [0, 0.05) is 20.1 Å². The Hall–Kier alpha value is -2.46. The molecule has 0 bridgehead atoms. The number of nitrogens with zero attached hydrogens (tertiary/aromatic N) is 2. The number of piperazine rings is 1. The molecule has 10 heteroatoms. The summed E-state index contributed by atoms with van der Waals surface area (Å²) in [5.41, 5.74) is 0.608. The molecule has 1 atom stereocenters. The second-order valence-corrected chi connectivity index (χ2v) is 9.19. The molecule has 3 amide bonds. The van der Waals surface area contributed by atoms with Gasteiger partial charge in [-0.3, -0.25) is 14.4 Å². The molecule has 1 aliphatic heterocycles. The average Bonchev–Trinajstić information content (AvgIpc) is 2.61. The van der Waals surface area contributed by atoms with E-state index < -0.39 is 27.4 Å². The predicted molar refractivity (Wildman–Crippen MR) is 104 cm³/mol. The third-order valence-corrected chi connectivity index (χ3v) is 6.05. The number of carbonyl (C=O) groups excluding carboxylic acids is 3. The van der Waals surface area contributed by atoms with Gasteiger partial charge in [0.2, 0.25) is 27.7 Å². The van der Waals surface area contributed by atoms with Crippen LogP contribution in [-0.4, -0.2) is 73.8 Å². The summed E-state index contributed by atoms with van der Waals surface area (Å²) >= 11 is 0. The number of hydrogen-bond acceptors (Lipinski definition) is 5. The van der Waals surface area contributed by atoms with Gasteiger partial charge in [0.1, 0.15) is 5.54 Å². The molecule has 2 rings (SSSR count). The molecule has 0 aliphatic carbocycles. The summed E-state index contributed by atoms with van der Waals surface area (Å²) in [5.74, 6) is -1.47. The standard InChI is InChI=1S/C18H26N4O5S/c1-13-6-5-7-14(8-13)9-19-15(23)10-20-17(25)18(2)12-22(28(4,26)27)11-16(24)21(18)3/h5-8H,9-12H2,1-4H3,(H,19,23)(H,20,25)/t18-/m1/s1. The van der Waals surface area contributed by atoms with Crippen LogP contribution in [0.2, 0.25) is 0 Å². The van der Waals surface area contributed by atoms with Gasteiger partial charge in [-0.05, 0) is 19.4 Å². The Balaban J connectivity index is 1.96. The summed E-state index contributed by atoms with van der Waals surface area (Å²) in [6.45, 7) is 2.99. The molecule has 0 radical (unpaired) electrons. The lowest BCUT2D eigenvalue weighted by atomic mass is 9.96. The lowest BCUT2D eigenvalue weighted by Gasteiger charge is -2.44. The van der Waals surface area contributed by atoms with E-state index in [2.05, 4.69) is 10.6 Å². The van der Waals surface area contributed by atoms with Crippen molar-refractivity contribution in [2.75, 3.05) is 32.9 Å². The van der Waals surface area contributed by atoms with Crippen molar-refractivity contribution in [1.29, 1.82) is 0 Å². The van der Waals surface area contributed by atoms with E-state index in [1.165, 1.54) is 18.9 Å². The van der Waals surface area contributed by atoms with Crippen LogP contribution in [0.1, 0.15) is 18.1 Å². The molecular formula is C18H26N4O5S. The number of likely N-dealkylation sites (N-methyl/N-ethyl adjacent to an activating group) is 1. The average molecular weight is 410 g/mol. The topological polar surface area (TPSA) is 116 Å². The smallest absolute Gasteiger partial charge is 0.247 e. The Labute approximate surface area is 165 Å². The van der Waals surface area contributed by atoms with E-state index in [1.807, 2.05) is 31.2 Å². The molecule has 2 N–H and O–H groups in total. The van der Waals surface area contributed by atoms with E-state index in [1.54, 1.807) is 0 Å². The van der Waals surface area contributed by atoms with E-state index in [4.69, 9.17) is 0 Å². The molecular weight excluding hydrogens is 384 g/mol. The molecule has 28 heavy (non-hydrogen) atoms. The molecule has 1 heterocycles. The number of nitrogens with one attached hydrogen (secondary N) is 2. The minimum Gasteiger partial charge on any atom is -0.350 e. The van der Waals surface area contributed by atoms with Crippen molar-refractivity contribution in [3.63, 3.8) is 0 Å².